The summed E-state index contributed by atoms with van der Waals surface area (Å²) in [6.45, 7) is 1.97. The van der Waals surface area contributed by atoms with Crippen LogP contribution in [0.2, 0.25) is 0 Å². The molecule has 0 amide bonds. The number of nitrogens with zero attached hydrogens (tertiary/aromatic N) is 1. The van der Waals surface area contributed by atoms with Gasteiger partial charge in [0.2, 0.25) is 0 Å². The zero-order chi connectivity index (χ0) is 27.8. The highest BCUT2D eigenvalue weighted by molar-refractivity contribution is 5.88. The van der Waals surface area contributed by atoms with Gasteiger partial charge in [0.25, 0.3) is 0 Å². The van der Waals surface area contributed by atoms with Gasteiger partial charge in [-0.3, -0.25) is 4.90 Å². The summed E-state index contributed by atoms with van der Waals surface area (Å²) < 4.78 is 29.8. The Hall–Kier alpha value is -2.94. The van der Waals surface area contributed by atoms with Crippen molar-refractivity contribution in [3.63, 3.8) is 0 Å². The summed E-state index contributed by atoms with van der Waals surface area (Å²) in [5, 5.41) is 5.17. The fraction of sp³-hybridized carbons (Fsp3) is 0.562. The van der Waals surface area contributed by atoms with Crippen molar-refractivity contribution in [2.24, 2.45) is 0 Å². The molecule has 3 heterocycles. The normalized spacial score (nSPS) is 29.1. The molecule has 3 aromatic rings. The van der Waals surface area contributed by atoms with E-state index in [-0.39, 0.29) is 17.1 Å². The van der Waals surface area contributed by atoms with Crippen molar-refractivity contribution in [3.05, 3.63) is 46.1 Å². The van der Waals surface area contributed by atoms with E-state index in [4.69, 9.17) is 23.7 Å². The lowest BCUT2D eigenvalue weighted by molar-refractivity contribution is -0.0482. The van der Waals surface area contributed by atoms with E-state index in [1.54, 1.807) is 28.4 Å². The van der Waals surface area contributed by atoms with E-state index in [0.717, 1.165) is 80.1 Å². The molecular weight excluding hydrogens is 506 g/mol. The number of ether oxygens (including phenoxy) is 5. The number of H-pyrrole nitrogens is 1. The zero-order valence-electron chi connectivity index (χ0n) is 24.5. The standard InChI is InChI=1S/C32H41N3O5/c1-35-12-8-18-13-25(38-4)29(40-6)28-27(18)22(35)16-31(28)9-10-32(26(17-31)39-5)30-19(7-11-33-32)20-14-23(36-2)24(37-3)15-21(20)34-30/h13-15,22,26,33-34H,7-12,16-17H2,1-6H3. The van der Waals surface area contributed by atoms with Crippen molar-refractivity contribution in [2.45, 2.75) is 61.6 Å². The Bertz CT molecular complexity index is 1480. The highest BCUT2D eigenvalue weighted by Crippen LogP contribution is 2.63. The van der Waals surface area contributed by atoms with Gasteiger partial charge < -0.3 is 34.0 Å². The van der Waals surface area contributed by atoms with E-state index in [2.05, 4.69) is 40.4 Å². The van der Waals surface area contributed by atoms with Crippen LogP contribution in [0.5, 0.6) is 23.0 Å². The molecule has 7 rings (SSSR count). The average Bonchev–Trinajstić information content (AvgIpc) is 3.52. The lowest BCUT2D eigenvalue weighted by Gasteiger charge is -2.52. The Morgan fingerprint density at radius 3 is 2.38 bits per heavy atom. The van der Waals surface area contributed by atoms with E-state index < -0.39 is 0 Å². The molecule has 40 heavy (non-hydrogen) atoms. The summed E-state index contributed by atoms with van der Waals surface area (Å²) in [5.41, 5.74) is 7.59. The molecule has 1 aromatic heterocycles. The van der Waals surface area contributed by atoms with Gasteiger partial charge in [0.15, 0.2) is 23.0 Å². The molecule has 2 aliphatic heterocycles. The monoisotopic (exact) mass is 547 g/mol. The van der Waals surface area contributed by atoms with Crippen molar-refractivity contribution in [1.82, 2.24) is 15.2 Å². The number of likely N-dealkylation sites (N-methyl/N-ethyl adjacent to an activating group) is 1. The number of fused-ring (bicyclic) bond motifs is 5. The third-order valence-corrected chi connectivity index (χ3v) is 10.6. The second-order valence-corrected chi connectivity index (χ2v) is 12.1. The minimum Gasteiger partial charge on any atom is -0.493 e. The van der Waals surface area contributed by atoms with Gasteiger partial charge in [-0.1, -0.05) is 0 Å². The van der Waals surface area contributed by atoms with Crippen LogP contribution < -0.4 is 24.3 Å². The van der Waals surface area contributed by atoms with Gasteiger partial charge >= 0.3 is 0 Å². The molecule has 4 aliphatic rings. The summed E-state index contributed by atoms with van der Waals surface area (Å²) in [7, 11) is 11.1. The van der Waals surface area contributed by atoms with Crippen LogP contribution >= 0.6 is 0 Å². The highest BCUT2D eigenvalue weighted by Gasteiger charge is 2.58. The number of aromatic amines is 1. The molecule has 0 bridgehead atoms. The molecule has 2 N–H and O–H groups in total. The van der Waals surface area contributed by atoms with Crippen molar-refractivity contribution >= 4 is 10.9 Å². The Balaban J connectivity index is 1.36. The van der Waals surface area contributed by atoms with Crippen LogP contribution in [0.3, 0.4) is 0 Å². The van der Waals surface area contributed by atoms with Crippen LogP contribution in [-0.2, 0) is 28.5 Å². The van der Waals surface area contributed by atoms with Gasteiger partial charge in [0.1, 0.15) is 0 Å². The topological polar surface area (TPSA) is 77.2 Å². The Morgan fingerprint density at radius 2 is 1.65 bits per heavy atom. The fourth-order valence-electron chi connectivity index (χ4n) is 8.71. The van der Waals surface area contributed by atoms with Crippen LogP contribution in [0.15, 0.2) is 18.2 Å². The number of benzene rings is 2. The van der Waals surface area contributed by atoms with Crippen molar-refractivity contribution < 1.29 is 23.7 Å². The molecule has 2 spiro atoms. The van der Waals surface area contributed by atoms with E-state index in [1.807, 2.05) is 7.11 Å². The fourth-order valence-corrected chi connectivity index (χ4v) is 8.71. The molecule has 214 valence electrons. The molecule has 1 saturated carbocycles. The molecule has 8 nitrogen and oxygen atoms in total. The smallest absolute Gasteiger partial charge is 0.164 e. The van der Waals surface area contributed by atoms with Crippen molar-refractivity contribution in [2.75, 3.05) is 55.7 Å². The highest BCUT2D eigenvalue weighted by atomic mass is 16.5. The Labute approximate surface area is 236 Å². The molecule has 0 radical (unpaired) electrons. The summed E-state index contributed by atoms with van der Waals surface area (Å²) in [6.07, 6.45) is 5.98. The maximum Gasteiger partial charge on any atom is 0.164 e. The summed E-state index contributed by atoms with van der Waals surface area (Å²) in [5.74, 6) is 3.26. The summed E-state index contributed by atoms with van der Waals surface area (Å²) >= 11 is 0. The number of methoxy groups -OCH3 is 5. The van der Waals surface area contributed by atoms with Crippen LogP contribution in [0.1, 0.15) is 59.7 Å². The molecule has 4 atom stereocenters. The number of nitrogens with one attached hydrogen (secondary N) is 2. The van der Waals surface area contributed by atoms with Gasteiger partial charge in [0.05, 0.1) is 40.1 Å². The maximum absolute atomic E-state index is 6.48. The first-order valence-corrected chi connectivity index (χ1v) is 14.5. The number of hydrogen-bond donors (Lipinski definition) is 2. The van der Waals surface area contributed by atoms with E-state index >= 15 is 0 Å². The van der Waals surface area contributed by atoms with E-state index in [9.17, 15) is 0 Å². The van der Waals surface area contributed by atoms with E-state index in [0.29, 0.717) is 6.04 Å². The SMILES string of the molecule is COc1cc2[nH]c3c(c2cc1OC)CCNC31CCC2(CC3c4c(cc(OC)c(OC)c42)CCN3C)CC1OC. The Kier molecular flexibility index (Phi) is 6.04. The van der Waals surface area contributed by atoms with E-state index in [1.165, 1.54) is 33.3 Å². The molecule has 1 fully saturated rings. The summed E-state index contributed by atoms with van der Waals surface area (Å²) in [4.78, 5) is 6.36. The quantitative estimate of drug-likeness (QED) is 0.483. The van der Waals surface area contributed by atoms with Crippen LogP contribution in [-0.4, -0.2) is 71.7 Å². The van der Waals surface area contributed by atoms with Crippen molar-refractivity contribution in [3.8, 4) is 23.0 Å². The largest absolute Gasteiger partial charge is 0.493 e. The molecule has 2 aliphatic carbocycles. The van der Waals surface area contributed by atoms with Crippen LogP contribution in [0.25, 0.3) is 10.9 Å². The lowest BCUT2D eigenvalue weighted by atomic mass is 9.61. The minimum absolute atomic E-state index is 0.0193. The second kappa shape index (κ2) is 9.29. The van der Waals surface area contributed by atoms with Gasteiger partial charge in [-0.2, -0.15) is 0 Å². The van der Waals surface area contributed by atoms with Crippen LogP contribution in [0, 0.1) is 0 Å². The van der Waals surface area contributed by atoms with Crippen LogP contribution in [0.4, 0.5) is 0 Å². The maximum atomic E-state index is 6.48. The average molecular weight is 548 g/mol. The number of hydrogen-bond acceptors (Lipinski definition) is 7. The predicted octanol–water partition coefficient (Wildman–Crippen LogP) is 4.61. The third kappa shape index (κ3) is 3.36. The van der Waals surface area contributed by atoms with Gasteiger partial charge in [-0.05, 0) is 74.4 Å². The third-order valence-electron chi connectivity index (χ3n) is 10.6. The predicted molar refractivity (Wildman–Crippen MR) is 154 cm³/mol. The van der Waals surface area contributed by atoms with Gasteiger partial charge in [-0.25, -0.2) is 0 Å². The number of aromatic nitrogens is 1. The first-order valence-electron chi connectivity index (χ1n) is 14.5. The molecule has 4 unspecified atom stereocenters. The molecular formula is C32H41N3O5. The molecule has 2 aromatic carbocycles. The number of rotatable bonds is 5. The van der Waals surface area contributed by atoms with Gasteiger partial charge in [0, 0.05) is 59.9 Å². The van der Waals surface area contributed by atoms with Gasteiger partial charge in [-0.15, -0.1) is 0 Å². The summed E-state index contributed by atoms with van der Waals surface area (Å²) in [6, 6.07) is 6.80. The first kappa shape index (κ1) is 26.0. The lowest BCUT2D eigenvalue weighted by Crippen LogP contribution is -2.60. The minimum atomic E-state index is -0.299. The molecule has 0 saturated heterocycles. The Morgan fingerprint density at radius 1 is 0.875 bits per heavy atom. The van der Waals surface area contributed by atoms with Crippen molar-refractivity contribution in [1.29, 1.82) is 0 Å². The first-order chi connectivity index (χ1) is 19.4. The zero-order valence-corrected chi connectivity index (χ0v) is 24.5. The molecule has 8 heteroatoms. The second-order valence-electron chi connectivity index (χ2n) is 12.1.